The number of piperazine rings is 1. The van der Waals surface area contributed by atoms with Crippen LogP contribution in [-0.4, -0.2) is 47.6 Å². The Morgan fingerprint density at radius 2 is 2.00 bits per heavy atom. The molecule has 22 heavy (non-hydrogen) atoms. The van der Waals surface area contributed by atoms with Gasteiger partial charge in [0.25, 0.3) is 0 Å². The van der Waals surface area contributed by atoms with Gasteiger partial charge in [-0.05, 0) is 17.7 Å². The summed E-state index contributed by atoms with van der Waals surface area (Å²) in [6.45, 7) is 5.45. The predicted molar refractivity (Wildman–Crippen MR) is 91.9 cm³/mol. The highest BCUT2D eigenvalue weighted by Crippen LogP contribution is 2.27. The quantitative estimate of drug-likeness (QED) is 0.780. The molecule has 4 heteroatoms. The summed E-state index contributed by atoms with van der Waals surface area (Å²) in [5, 5.41) is 5.85. The maximum atomic E-state index is 4.47. The third-order valence-corrected chi connectivity index (χ3v) is 4.30. The van der Waals surface area contributed by atoms with Gasteiger partial charge in [0, 0.05) is 55.2 Å². The van der Waals surface area contributed by atoms with Gasteiger partial charge in [-0.3, -0.25) is 4.90 Å². The van der Waals surface area contributed by atoms with Gasteiger partial charge < -0.3 is 10.3 Å². The van der Waals surface area contributed by atoms with Gasteiger partial charge >= 0.3 is 0 Å². The number of rotatable bonds is 3. The number of aromatic amines is 1. The van der Waals surface area contributed by atoms with E-state index in [9.17, 15) is 0 Å². The third kappa shape index (κ3) is 2.51. The van der Waals surface area contributed by atoms with Crippen molar-refractivity contribution in [3.05, 3.63) is 48.2 Å². The summed E-state index contributed by atoms with van der Waals surface area (Å²) in [5.74, 6) is 0. The molecule has 1 aliphatic heterocycles. The first-order valence-corrected chi connectivity index (χ1v) is 7.87. The number of nitrogens with zero attached hydrogens (tertiary/aromatic N) is 2. The zero-order valence-electron chi connectivity index (χ0n) is 12.5. The van der Waals surface area contributed by atoms with Crippen molar-refractivity contribution in [2.45, 2.75) is 0 Å². The first-order valence-electron chi connectivity index (χ1n) is 7.87. The van der Waals surface area contributed by atoms with Gasteiger partial charge in [-0.25, -0.2) is 4.98 Å². The van der Waals surface area contributed by atoms with E-state index in [0.717, 1.165) is 43.9 Å². The Labute approximate surface area is 129 Å². The number of benzene rings is 1. The molecule has 1 aromatic carbocycles. The molecule has 2 N–H and O–H groups in total. The zero-order chi connectivity index (χ0) is 14.8. The van der Waals surface area contributed by atoms with Gasteiger partial charge in [-0.1, -0.05) is 30.4 Å². The standard InChI is InChI=1S/C18H20N4/c1-2-6-16-15(5-1)17-14(7-8-20-18(17)21-16)4-3-11-22-12-9-19-10-13-22/h1-8,19H,9-13H2,(H,20,21)/b4-3+. The van der Waals surface area contributed by atoms with Crippen LogP contribution in [0.5, 0.6) is 0 Å². The van der Waals surface area contributed by atoms with Crippen molar-refractivity contribution in [2.75, 3.05) is 32.7 Å². The fourth-order valence-electron chi connectivity index (χ4n) is 3.15. The van der Waals surface area contributed by atoms with Crippen molar-refractivity contribution in [1.29, 1.82) is 0 Å². The Bertz CT molecular complexity index is 812. The minimum atomic E-state index is 0.963. The molecule has 0 atom stereocenters. The fraction of sp³-hybridized carbons (Fsp3) is 0.278. The summed E-state index contributed by atoms with van der Waals surface area (Å²) in [4.78, 5) is 10.3. The maximum Gasteiger partial charge on any atom is 0.138 e. The minimum Gasteiger partial charge on any atom is -0.339 e. The van der Waals surface area contributed by atoms with E-state index in [2.05, 4.69) is 62.7 Å². The largest absolute Gasteiger partial charge is 0.339 e. The van der Waals surface area contributed by atoms with E-state index in [1.54, 1.807) is 0 Å². The summed E-state index contributed by atoms with van der Waals surface area (Å²) in [5.41, 5.74) is 3.34. The normalized spacial score (nSPS) is 16.9. The molecule has 1 aliphatic rings. The molecule has 1 saturated heterocycles. The van der Waals surface area contributed by atoms with E-state index in [1.165, 1.54) is 16.3 Å². The van der Waals surface area contributed by atoms with Crippen molar-refractivity contribution in [2.24, 2.45) is 0 Å². The highest BCUT2D eigenvalue weighted by atomic mass is 15.2. The van der Waals surface area contributed by atoms with Crippen LogP contribution in [-0.2, 0) is 0 Å². The molecule has 2 aromatic heterocycles. The third-order valence-electron chi connectivity index (χ3n) is 4.30. The van der Waals surface area contributed by atoms with Crippen LogP contribution in [0.4, 0.5) is 0 Å². The van der Waals surface area contributed by atoms with E-state index < -0.39 is 0 Å². The Morgan fingerprint density at radius 3 is 2.91 bits per heavy atom. The van der Waals surface area contributed by atoms with Gasteiger partial charge in [-0.2, -0.15) is 0 Å². The molecule has 0 bridgehead atoms. The lowest BCUT2D eigenvalue weighted by molar-refractivity contribution is 0.265. The van der Waals surface area contributed by atoms with E-state index in [4.69, 9.17) is 0 Å². The number of hydrogen-bond acceptors (Lipinski definition) is 3. The number of para-hydroxylation sites is 1. The van der Waals surface area contributed by atoms with Gasteiger partial charge in [0.05, 0.1) is 0 Å². The molecule has 1 fully saturated rings. The number of hydrogen-bond donors (Lipinski definition) is 2. The molecular formula is C18H20N4. The molecule has 0 amide bonds. The maximum absolute atomic E-state index is 4.47. The van der Waals surface area contributed by atoms with Gasteiger partial charge in [0.15, 0.2) is 0 Å². The molecule has 0 saturated carbocycles. The van der Waals surface area contributed by atoms with Crippen molar-refractivity contribution in [1.82, 2.24) is 20.2 Å². The Morgan fingerprint density at radius 1 is 1.14 bits per heavy atom. The average Bonchev–Trinajstić information content (AvgIpc) is 2.95. The Balaban J connectivity index is 1.66. The lowest BCUT2D eigenvalue weighted by Crippen LogP contribution is -2.43. The number of pyridine rings is 1. The van der Waals surface area contributed by atoms with Crippen LogP contribution in [0.2, 0.25) is 0 Å². The summed E-state index contributed by atoms with van der Waals surface area (Å²) in [6.07, 6.45) is 6.37. The average molecular weight is 292 g/mol. The van der Waals surface area contributed by atoms with Crippen LogP contribution in [0.3, 0.4) is 0 Å². The lowest BCUT2D eigenvalue weighted by atomic mass is 10.1. The summed E-state index contributed by atoms with van der Waals surface area (Å²) >= 11 is 0. The smallest absolute Gasteiger partial charge is 0.138 e. The zero-order valence-corrected chi connectivity index (χ0v) is 12.5. The van der Waals surface area contributed by atoms with Gasteiger partial charge in [0.1, 0.15) is 5.65 Å². The van der Waals surface area contributed by atoms with Crippen LogP contribution >= 0.6 is 0 Å². The fourth-order valence-corrected chi connectivity index (χ4v) is 3.15. The van der Waals surface area contributed by atoms with Crippen LogP contribution in [0, 0.1) is 0 Å². The molecule has 0 radical (unpaired) electrons. The van der Waals surface area contributed by atoms with Gasteiger partial charge in [-0.15, -0.1) is 0 Å². The highest BCUT2D eigenvalue weighted by molar-refractivity contribution is 6.09. The summed E-state index contributed by atoms with van der Waals surface area (Å²) in [6, 6.07) is 10.5. The van der Waals surface area contributed by atoms with Crippen molar-refractivity contribution in [3.63, 3.8) is 0 Å². The predicted octanol–water partition coefficient (Wildman–Crippen LogP) is 2.63. The second kappa shape index (κ2) is 5.91. The summed E-state index contributed by atoms with van der Waals surface area (Å²) < 4.78 is 0. The molecule has 0 unspecified atom stereocenters. The lowest BCUT2D eigenvalue weighted by Gasteiger charge is -2.25. The first-order chi connectivity index (χ1) is 10.9. The molecule has 3 aromatic rings. The monoisotopic (exact) mass is 292 g/mol. The second-order valence-electron chi connectivity index (χ2n) is 5.75. The van der Waals surface area contributed by atoms with E-state index in [0.29, 0.717) is 0 Å². The minimum absolute atomic E-state index is 0.963. The van der Waals surface area contributed by atoms with Gasteiger partial charge in [0.2, 0.25) is 0 Å². The van der Waals surface area contributed by atoms with E-state index >= 15 is 0 Å². The molecule has 0 spiro atoms. The van der Waals surface area contributed by atoms with Crippen molar-refractivity contribution >= 4 is 28.0 Å². The number of aromatic nitrogens is 2. The second-order valence-corrected chi connectivity index (χ2v) is 5.75. The van der Waals surface area contributed by atoms with E-state index in [-0.39, 0.29) is 0 Å². The van der Waals surface area contributed by atoms with Crippen LogP contribution < -0.4 is 5.32 Å². The van der Waals surface area contributed by atoms with Crippen LogP contribution in [0.15, 0.2) is 42.6 Å². The summed E-state index contributed by atoms with van der Waals surface area (Å²) in [7, 11) is 0. The SMILES string of the molecule is C(=C\c1ccnc2[nH]c3ccccc3c12)/CN1CCNCC1. The highest BCUT2D eigenvalue weighted by Gasteiger charge is 2.09. The van der Waals surface area contributed by atoms with Crippen LogP contribution in [0.1, 0.15) is 5.56 Å². The van der Waals surface area contributed by atoms with Crippen molar-refractivity contribution < 1.29 is 0 Å². The molecule has 0 aliphatic carbocycles. The van der Waals surface area contributed by atoms with Crippen molar-refractivity contribution in [3.8, 4) is 0 Å². The molecule has 4 nitrogen and oxygen atoms in total. The van der Waals surface area contributed by atoms with E-state index in [1.807, 2.05) is 6.20 Å². The first kappa shape index (κ1) is 13.5. The topological polar surface area (TPSA) is 44.0 Å². The number of fused-ring (bicyclic) bond motifs is 3. The molecular weight excluding hydrogens is 272 g/mol. The molecule has 112 valence electrons. The molecule has 3 heterocycles. The number of nitrogens with one attached hydrogen (secondary N) is 2. The van der Waals surface area contributed by atoms with Crippen LogP contribution in [0.25, 0.3) is 28.0 Å². The molecule has 4 rings (SSSR count). The number of H-pyrrole nitrogens is 1. The Hall–Kier alpha value is -2.17. The Kier molecular flexibility index (Phi) is 3.62.